The third kappa shape index (κ3) is 3.43. The van der Waals surface area contributed by atoms with E-state index in [-0.39, 0.29) is 12.2 Å². The van der Waals surface area contributed by atoms with Crippen molar-refractivity contribution in [1.29, 1.82) is 0 Å². The van der Waals surface area contributed by atoms with Gasteiger partial charge in [0.25, 0.3) is 5.91 Å². The number of nitrogens with one attached hydrogen (secondary N) is 2. The summed E-state index contributed by atoms with van der Waals surface area (Å²) in [6.07, 6.45) is 2.80. The number of nitrogens with zero attached hydrogens (tertiary/aromatic N) is 2. The van der Waals surface area contributed by atoms with Crippen LogP contribution in [0.1, 0.15) is 16.2 Å². The van der Waals surface area contributed by atoms with Crippen molar-refractivity contribution in [1.82, 2.24) is 15.3 Å². The highest BCUT2D eigenvalue weighted by Gasteiger charge is 2.24. The third-order valence-corrected chi connectivity index (χ3v) is 2.58. The molecule has 10 heteroatoms. The molecule has 1 atom stereocenters. The van der Waals surface area contributed by atoms with Crippen molar-refractivity contribution in [3.63, 3.8) is 0 Å². The molecular formula is C11H10N4O6. The Balaban J connectivity index is 2.07. The molecule has 110 valence electrons. The van der Waals surface area contributed by atoms with Gasteiger partial charge < -0.3 is 19.8 Å². The van der Waals surface area contributed by atoms with Crippen molar-refractivity contribution >= 4 is 17.8 Å². The van der Waals surface area contributed by atoms with Gasteiger partial charge in [0, 0.05) is 18.3 Å². The van der Waals surface area contributed by atoms with Crippen LogP contribution >= 0.6 is 0 Å². The first-order chi connectivity index (χ1) is 9.97. The monoisotopic (exact) mass is 294 g/mol. The number of aromatic amines is 1. The summed E-state index contributed by atoms with van der Waals surface area (Å²) < 4.78 is 4.70. The summed E-state index contributed by atoms with van der Waals surface area (Å²) in [7, 11) is 0. The van der Waals surface area contributed by atoms with Crippen molar-refractivity contribution in [3.8, 4) is 0 Å². The molecule has 0 aliphatic carbocycles. The van der Waals surface area contributed by atoms with Crippen molar-refractivity contribution in [2.75, 3.05) is 0 Å². The Kier molecular flexibility index (Phi) is 3.97. The van der Waals surface area contributed by atoms with Crippen molar-refractivity contribution in [2.45, 2.75) is 12.5 Å². The fourth-order valence-corrected chi connectivity index (χ4v) is 1.59. The van der Waals surface area contributed by atoms with E-state index in [9.17, 15) is 19.7 Å². The summed E-state index contributed by atoms with van der Waals surface area (Å²) in [6.45, 7) is 0. The van der Waals surface area contributed by atoms with Gasteiger partial charge in [-0.15, -0.1) is 0 Å². The van der Waals surface area contributed by atoms with E-state index in [0.717, 1.165) is 12.1 Å². The van der Waals surface area contributed by atoms with E-state index < -0.39 is 28.7 Å². The van der Waals surface area contributed by atoms with Gasteiger partial charge in [-0.05, 0) is 6.07 Å². The molecule has 0 aliphatic heterocycles. The molecule has 0 aromatic carbocycles. The maximum atomic E-state index is 11.8. The summed E-state index contributed by atoms with van der Waals surface area (Å²) in [4.78, 5) is 39.0. The van der Waals surface area contributed by atoms with Gasteiger partial charge in [0.1, 0.15) is 11.0 Å². The summed E-state index contributed by atoms with van der Waals surface area (Å²) in [6, 6.07) is 0.893. The first-order valence-electron chi connectivity index (χ1n) is 5.72. The van der Waals surface area contributed by atoms with Gasteiger partial charge in [-0.1, -0.05) is 0 Å². The number of carboxylic acids is 1. The Bertz CT molecular complexity index is 662. The Morgan fingerprint density at radius 3 is 2.81 bits per heavy atom. The van der Waals surface area contributed by atoms with Crippen molar-refractivity contribution < 1.29 is 24.0 Å². The minimum Gasteiger partial charge on any atom is -0.480 e. The number of furan rings is 1. The largest absolute Gasteiger partial charge is 0.480 e. The molecule has 0 radical (unpaired) electrons. The average molecular weight is 294 g/mol. The number of rotatable bonds is 6. The standard InChI is InChI=1S/C11H10N4O6/c16-10(8-1-2-9(21-8)15(19)20)14-7(11(17)18)3-6-4-12-5-13-6/h1-2,4-5,7H,3H2,(H,12,13)(H,14,16)(H,17,18). The number of aromatic nitrogens is 2. The Hall–Kier alpha value is -3.17. The maximum absolute atomic E-state index is 11.8. The highest BCUT2D eigenvalue weighted by molar-refractivity contribution is 5.94. The number of carbonyl (C=O) groups excluding carboxylic acids is 1. The highest BCUT2D eigenvalue weighted by Crippen LogP contribution is 2.15. The zero-order chi connectivity index (χ0) is 15.4. The second-order valence-electron chi connectivity index (χ2n) is 4.04. The van der Waals surface area contributed by atoms with E-state index in [1.807, 2.05) is 0 Å². The number of carbonyl (C=O) groups is 2. The van der Waals surface area contributed by atoms with E-state index in [1.165, 1.54) is 12.5 Å². The number of carboxylic acid groups (broad SMARTS) is 1. The lowest BCUT2D eigenvalue weighted by Crippen LogP contribution is -2.42. The SMILES string of the molecule is O=C(NC(Cc1cnc[nH]1)C(=O)O)c1ccc([N+](=O)[O-])o1. The molecule has 10 nitrogen and oxygen atoms in total. The van der Waals surface area contributed by atoms with E-state index >= 15 is 0 Å². The van der Waals surface area contributed by atoms with Crippen LogP contribution < -0.4 is 5.32 Å². The predicted octanol–water partition coefficient (Wildman–Crippen LogP) is 0.337. The smallest absolute Gasteiger partial charge is 0.433 e. The number of amides is 1. The number of hydrogen-bond donors (Lipinski definition) is 3. The lowest BCUT2D eigenvalue weighted by molar-refractivity contribution is -0.402. The van der Waals surface area contributed by atoms with Crippen LogP contribution in [0.15, 0.2) is 29.1 Å². The fourth-order valence-electron chi connectivity index (χ4n) is 1.59. The number of nitro groups is 1. The van der Waals surface area contributed by atoms with E-state index in [0.29, 0.717) is 5.69 Å². The minimum absolute atomic E-state index is 0.0100. The van der Waals surface area contributed by atoms with E-state index in [2.05, 4.69) is 15.3 Å². The van der Waals surface area contributed by atoms with Gasteiger partial charge in [-0.25, -0.2) is 9.78 Å². The first-order valence-corrected chi connectivity index (χ1v) is 5.72. The fraction of sp³-hybridized carbons (Fsp3) is 0.182. The van der Waals surface area contributed by atoms with Crippen LogP contribution in [-0.4, -0.2) is 37.9 Å². The van der Waals surface area contributed by atoms with E-state index in [1.54, 1.807) is 0 Å². The van der Waals surface area contributed by atoms with Gasteiger partial charge >= 0.3 is 11.9 Å². The molecule has 1 unspecified atom stereocenters. The maximum Gasteiger partial charge on any atom is 0.433 e. The van der Waals surface area contributed by atoms with Crippen LogP contribution in [0.5, 0.6) is 0 Å². The molecule has 21 heavy (non-hydrogen) atoms. The third-order valence-electron chi connectivity index (χ3n) is 2.58. The van der Waals surface area contributed by atoms with Crippen LogP contribution in [0.3, 0.4) is 0 Å². The molecule has 2 aromatic heterocycles. The molecule has 2 aromatic rings. The molecule has 1 amide bonds. The Labute approximate surface area is 116 Å². The van der Waals surface area contributed by atoms with Crippen LogP contribution in [0.2, 0.25) is 0 Å². The van der Waals surface area contributed by atoms with Crippen LogP contribution in [-0.2, 0) is 11.2 Å². The molecular weight excluding hydrogens is 284 g/mol. The van der Waals surface area contributed by atoms with Gasteiger partial charge in [0.2, 0.25) is 0 Å². The molecule has 0 spiro atoms. The second kappa shape index (κ2) is 5.86. The van der Waals surface area contributed by atoms with Crippen LogP contribution in [0.4, 0.5) is 5.88 Å². The molecule has 2 heterocycles. The topological polar surface area (TPSA) is 151 Å². The first kappa shape index (κ1) is 14.2. The Morgan fingerprint density at radius 1 is 1.52 bits per heavy atom. The van der Waals surface area contributed by atoms with Gasteiger partial charge in [-0.2, -0.15) is 0 Å². The lowest BCUT2D eigenvalue weighted by atomic mass is 10.1. The summed E-state index contributed by atoms with van der Waals surface area (Å²) in [5.74, 6) is -3.04. The summed E-state index contributed by atoms with van der Waals surface area (Å²) >= 11 is 0. The van der Waals surface area contributed by atoms with Crippen LogP contribution in [0, 0.1) is 10.1 Å². The van der Waals surface area contributed by atoms with E-state index in [4.69, 9.17) is 9.52 Å². The number of imidazole rings is 1. The minimum atomic E-state index is -1.25. The summed E-state index contributed by atoms with van der Waals surface area (Å²) in [5, 5.41) is 21.7. The van der Waals surface area contributed by atoms with Crippen molar-refractivity contribution in [3.05, 3.63) is 46.2 Å². The number of hydrogen-bond acceptors (Lipinski definition) is 6. The van der Waals surface area contributed by atoms with Gasteiger partial charge in [0.05, 0.1) is 12.4 Å². The molecule has 0 saturated heterocycles. The van der Waals surface area contributed by atoms with Gasteiger partial charge in [-0.3, -0.25) is 14.9 Å². The molecule has 0 bridgehead atoms. The molecule has 0 fully saturated rings. The normalized spacial score (nSPS) is 11.8. The van der Waals surface area contributed by atoms with Crippen molar-refractivity contribution in [2.24, 2.45) is 0 Å². The lowest BCUT2D eigenvalue weighted by Gasteiger charge is -2.12. The number of aliphatic carboxylic acids is 1. The molecule has 2 rings (SSSR count). The molecule has 0 saturated carbocycles. The van der Waals surface area contributed by atoms with Crippen LogP contribution in [0.25, 0.3) is 0 Å². The summed E-state index contributed by atoms with van der Waals surface area (Å²) in [5.41, 5.74) is 0.521. The van der Waals surface area contributed by atoms with Gasteiger partial charge in [0.15, 0.2) is 5.76 Å². The molecule has 3 N–H and O–H groups in total. The zero-order valence-electron chi connectivity index (χ0n) is 10.5. The highest BCUT2D eigenvalue weighted by atomic mass is 16.6. The second-order valence-corrected chi connectivity index (χ2v) is 4.04. The quantitative estimate of drug-likeness (QED) is 0.513. The zero-order valence-corrected chi connectivity index (χ0v) is 10.5. The number of H-pyrrole nitrogens is 1. The Morgan fingerprint density at radius 2 is 2.29 bits per heavy atom. The molecule has 0 aliphatic rings. The average Bonchev–Trinajstić information content (AvgIpc) is 3.08. The predicted molar refractivity (Wildman–Crippen MR) is 66.5 cm³/mol.